The van der Waals surface area contributed by atoms with Crippen molar-refractivity contribution in [1.29, 1.82) is 0 Å². The van der Waals surface area contributed by atoms with Gasteiger partial charge in [-0.15, -0.1) is 0 Å². The van der Waals surface area contributed by atoms with Gasteiger partial charge in [0.15, 0.2) is 0 Å². The lowest BCUT2D eigenvalue weighted by molar-refractivity contribution is 1.28. The Kier molecular flexibility index (Phi) is 5.86. The number of benzene rings is 4. The highest BCUT2D eigenvalue weighted by atomic mass is 15.1. The van der Waals surface area contributed by atoms with Crippen LogP contribution in [0.4, 0.5) is 17.1 Å². The smallest absolute Gasteiger partial charge is 0.0462 e. The van der Waals surface area contributed by atoms with Crippen LogP contribution in [0, 0.1) is 11.8 Å². The maximum absolute atomic E-state index is 3.21. The van der Waals surface area contributed by atoms with Crippen molar-refractivity contribution in [2.45, 2.75) is 0 Å². The van der Waals surface area contributed by atoms with E-state index in [0.29, 0.717) is 0 Å². The second-order valence-electron chi connectivity index (χ2n) is 6.57. The molecule has 0 bridgehead atoms. The molecule has 0 atom stereocenters. The second kappa shape index (κ2) is 9.26. The van der Waals surface area contributed by atoms with Crippen molar-refractivity contribution in [3.8, 4) is 11.8 Å². The van der Waals surface area contributed by atoms with Crippen LogP contribution >= 0.6 is 0 Å². The number of hydrogen-bond donors (Lipinski definition) is 0. The third-order valence-electron chi connectivity index (χ3n) is 4.53. The van der Waals surface area contributed by atoms with E-state index in [-0.39, 0.29) is 0 Å². The van der Waals surface area contributed by atoms with E-state index in [1.54, 1.807) is 0 Å². The zero-order valence-corrected chi connectivity index (χ0v) is 16.1. The average molecular weight is 371 g/mol. The Bertz CT molecular complexity index is 1080. The molecule has 0 heterocycles. The van der Waals surface area contributed by atoms with Gasteiger partial charge in [-0.3, -0.25) is 0 Å². The van der Waals surface area contributed by atoms with Crippen LogP contribution in [0.3, 0.4) is 0 Å². The van der Waals surface area contributed by atoms with Crippen molar-refractivity contribution < 1.29 is 0 Å². The minimum atomic E-state index is 0.993. The molecule has 0 aliphatic heterocycles. The van der Waals surface area contributed by atoms with Crippen LogP contribution in [0.5, 0.6) is 0 Å². The molecule has 4 aromatic rings. The number of allylic oxidation sites excluding steroid dienone is 1. The molecule has 1 nitrogen and oxygen atoms in total. The highest BCUT2D eigenvalue weighted by Crippen LogP contribution is 2.33. The van der Waals surface area contributed by atoms with Crippen molar-refractivity contribution in [1.82, 2.24) is 0 Å². The lowest BCUT2D eigenvalue weighted by Gasteiger charge is -2.25. The maximum atomic E-state index is 3.21. The molecule has 138 valence electrons. The summed E-state index contributed by atoms with van der Waals surface area (Å²) < 4.78 is 0. The quantitative estimate of drug-likeness (QED) is 0.342. The highest BCUT2D eigenvalue weighted by Gasteiger charge is 2.11. The summed E-state index contributed by atoms with van der Waals surface area (Å²) >= 11 is 0. The Morgan fingerprint density at radius 3 is 1.55 bits per heavy atom. The highest BCUT2D eigenvalue weighted by molar-refractivity contribution is 5.76. The van der Waals surface area contributed by atoms with Crippen molar-refractivity contribution in [3.05, 3.63) is 132 Å². The average Bonchev–Trinajstić information content (AvgIpc) is 2.80. The van der Waals surface area contributed by atoms with Gasteiger partial charge in [-0.05, 0) is 66.2 Å². The van der Waals surface area contributed by atoms with E-state index in [2.05, 4.69) is 102 Å². The summed E-state index contributed by atoms with van der Waals surface area (Å²) in [6.07, 6.45) is 3.91. The van der Waals surface area contributed by atoms with Crippen molar-refractivity contribution in [2.75, 3.05) is 4.90 Å². The fourth-order valence-corrected chi connectivity index (χ4v) is 3.12. The van der Waals surface area contributed by atoms with Crippen LogP contribution in [0.1, 0.15) is 11.1 Å². The summed E-state index contributed by atoms with van der Waals surface area (Å²) in [5.74, 6) is 6.32. The fraction of sp³-hybridized carbons (Fsp3) is 0. The summed E-state index contributed by atoms with van der Waals surface area (Å²) in [5.41, 5.74) is 5.51. The molecule has 0 N–H and O–H groups in total. The van der Waals surface area contributed by atoms with Gasteiger partial charge in [0.1, 0.15) is 0 Å². The molecular formula is C28H21N. The van der Waals surface area contributed by atoms with Crippen LogP contribution < -0.4 is 4.90 Å². The Morgan fingerprint density at radius 2 is 1.00 bits per heavy atom. The summed E-state index contributed by atoms with van der Waals surface area (Å²) in [6.45, 7) is 0. The van der Waals surface area contributed by atoms with Gasteiger partial charge in [-0.25, -0.2) is 0 Å². The van der Waals surface area contributed by atoms with E-state index in [0.717, 1.165) is 28.2 Å². The summed E-state index contributed by atoms with van der Waals surface area (Å²) in [5, 5.41) is 0. The Labute approximate surface area is 172 Å². The zero-order chi connectivity index (χ0) is 19.7. The third kappa shape index (κ3) is 4.83. The van der Waals surface area contributed by atoms with Crippen LogP contribution in [0.2, 0.25) is 0 Å². The van der Waals surface area contributed by atoms with E-state index >= 15 is 0 Å². The van der Waals surface area contributed by atoms with Crippen LogP contribution in [0.15, 0.2) is 121 Å². The van der Waals surface area contributed by atoms with Gasteiger partial charge in [-0.2, -0.15) is 0 Å². The largest absolute Gasteiger partial charge is 0.311 e. The van der Waals surface area contributed by atoms with Gasteiger partial charge in [0, 0.05) is 22.6 Å². The van der Waals surface area contributed by atoms with Gasteiger partial charge in [0.2, 0.25) is 0 Å². The first-order valence-electron chi connectivity index (χ1n) is 9.63. The number of anilines is 3. The maximum Gasteiger partial charge on any atom is 0.0462 e. The normalized spacial score (nSPS) is 10.3. The minimum absolute atomic E-state index is 0.993. The molecule has 4 rings (SSSR count). The number of nitrogens with zero attached hydrogens (tertiary/aromatic N) is 1. The van der Waals surface area contributed by atoms with Gasteiger partial charge < -0.3 is 4.90 Å². The van der Waals surface area contributed by atoms with E-state index in [9.17, 15) is 0 Å². The molecule has 0 saturated carbocycles. The SMILES string of the molecule is C(#Cc1ccc(N(c2ccccc2)c2ccccc2)cc1)/C=C/c1ccccc1. The minimum Gasteiger partial charge on any atom is -0.311 e. The molecule has 0 unspecified atom stereocenters. The zero-order valence-electron chi connectivity index (χ0n) is 16.1. The molecule has 0 fully saturated rings. The first kappa shape index (κ1) is 18.3. The van der Waals surface area contributed by atoms with Crippen molar-refractivity contribution in [3.63, 3.8) is 0 Å². The topological polar surface area (TPSA) is 3.24 Å². The van der Waals surface area contributed by atoms with E-state index in [1.165, 1.54) is 0 Å². The summed E-state index contributed by atoms with van der Waals surface area (Å²) in [7, 11) is 0. The number of para-hydroxylation sites is 2. The predicted octanol–water partition coefficient (Wildman–Crippen LogP) is 7.22. The van der Waals surface area contributed by atoms with Gasteiger partial charge >= 0.3 is 0 Å². The molecule has 0 amide bonds. The summed E-state index contributed by atoms with van der Waals surface area (Å²) in [4.78, 5) is 2.24. The van der Waals surface area contributed by atoms with Gasteiger partial charge in [-0.1, -0.05) is 78.6 Å². The molecule has 29 heavy (non-hydrogen) atoms. The summed E-state index contributed by atoms with van der Waals surface area (Å²) in [6, 6.07) is 39.3. The third-order valence-corrected chi connectivity index (χ3v) is 4.53. The van der Waals surface area contributed by atoms with E-state index < -0.39 is 0 Å². The Morgan fingerprint density at radius 1 is 0.517 bits per heavy atom. The van der Waals surface area contributed by atoms with Crippen molar-refractivity contribution in [2.24, 2.45) is 0 Å². The first-order valence-corrected chi connectivity index (χ1v) is 9.63. The predicted molar refractivity (Wildman–Crippen MR) is 123 cm³/mol. The molecular weight excluding hydrogens is 350 g/mol. The molecule has 0 saturated heterocycles. The first-order chi connectivity index (χ1) is 14.4. The molecule has 0 spiro atoms. The van der Waals surface area contributed by atoms with Crippen LogP contribution in [-0.4, -0.2) is 0 Å². The lowest BCUT2D eigenvalue weighted by atomic mass is 10.1. The van der Waals surface area contributed by atoms with Crippen LogP contribution in [-0.2, 0) is 0 Å². The molecule has 0 aliphatic rings. The lowest BCUT2D eigenvalue weighted by Crippen LogP contribution is -2.09. The van der Waals surface area contributed by atoms with Crippen molar-refractivity contribution >= 4 is 23.1 Å². The standard InChI is InChI=1S/C28H21N/c1-4-12-24(13-5-1)14-10-11-15-25-20-22-28(23-21-25)29(26-16-6-2-7-17-26)27-18-8-3-9-19-27/h1-10,12-14,16-23H/b14-10+. The molecule has 4 aromatic carbocycles. The monoisotopic (exact) mass is 371 g/mol. The fourth-order valence-electron chi connectivity index (χ4n) is 3.12. The van der Waals surface area contributed by atoms with Gasteiger partial charge in [0.25, 0.3) is 0 Å². The van der Waals surface area contributed by atoms with Crippen LogP contribution in [0.25, 0.3) is 6.08 Å². The molecule has 0 radical (unpaired) electrons. The Balaban J connectivity index is 1.57. The van der Waals surface area contributed by atoms with E-state index in [4.69, 9.17) is 0 Å². The second-order valence-corrected chi connectivity index (χ2v) is 6.57. The van der Waals surface area contributed by atoms with E-state index in [1.807, 2.05) is 42.5 Å². The Hall–Kier alpha value is -4.02. The molecule has 0 aliphatic carbocycles. The van der Waals surface area contributed by atoms with Gasteiger partial charge in [0.05, 0.1) is 0 Å². The number of rotatable bonds is 4. The number of hydrogen-bond acceptors (Lipinski definition) is 1. The molecule has 0 aromatic heterocycles. The molecule has 1 heteroatoms.